The lowest BCUT2D eigenvalue weighted by Crippen LogP contribution is -2.57. The molecule has 4 unspecified atom stereocenters. The topological polar surface area (TPSA) is 113 Å². The molecule has 10 heteroatoms. The Kier molecular flexibility index (Phi) is 6.77. The zero-order valence-electron chi connectivity index (χ0n) is 19.4. The third kappa shape index (κ3) is 4.77. The SMILES string of the molecule is CC1CCCCCCC2CC2(C(=O)NS(=O)(=O)C2(CF)CC2)NC(=O)C2CCCN2C(=O)C1. The highest BCUT2D eigenvalue weighted by atomic mass is 32.2. The van der Waals surface area contributed by atoms with Crippen molar-refractivity contribution < 1.29 is 27.2 Å². The van der Waals surface area contributed by atoms with Crippen molar-refractivity contribution in [2.45, 2.75) is 100 Å². The lowest BCUT2D eigenvalue weighted by molar-refractivity contribution is -0.140. The summed E-state index contributed by atoms with van der Waals surface area (Å²) in [5.41, 5.74) is -1.30. The number of hydrogen-bond donors (Lipinski definition) is 2. The van der Waals surface area contributed by atoms with Crippen LogP contribution in [0.3, 0.4) is 0 Å². The van der Waals surface area contributed by atoms with Crippen LogP contribution in [-0.4, -0.2) is 60.6 Å². The van der Waals surface area contributed by atoms with Gasteiger partial charge in [-0.3, -0.25) is 19.1 Å². The third-order valence-electron chi connectivity index (χ3n) is 8.10. The molecule has 0 spiro atoms. The Morgan fingerprint density at radius 1 is 1.12 bits per heavy atom. The first-order valence-electron chi connectivity index (χ1n) is 12.4. The quantitative estimate of drug-likeness (QED) is 0.634. The van der Waals surface area contributed by atoms with Crippen LogP contribution in [0.25, 0.3) is 0 Å². The summed E-state index contributed by atoms with van der Waals surface area (Å²) in [6.07, 6.45) is 8.02. The molecule has 3 amide bonds. The number of nitrogens with zero attached hydrogens (tertiary/aromatic N) is 1. The van der Waals surface area contributed by atoms with E-state index in [0.717, 1.165) is 32.1 Å². The minimum atomic E-state index is -4.16. The molecule has 4 aliphatic rings. The average Bonchev–Trinajstić information content (AvgIpc) is 3.64. The summed E-state index contributed by atoms with van der Waals surface area (Å²) in [6.45, 7) is 1.55. The Balaban J connectivity index is 1.53. The Morgan fingerprint density at radius 2 is 1.82 bits per heavy atom. The molecule has 186 valence electrons. The third-order valence-corrected chi connectivity index (χ3v) is 10.2. The summed E-state index contributed by atoms with van der Waals surface area (Å²) in [7, 11) is -4.16. The van der Waals surface area contributed by atoms with Crippen LogP contribution < -0.4 is 10.0 Å². The van der Waals surface area contributed by atoms with Crippen molar-refractivity contribution in [2.24, 2.45) is 11.8 Å². The number of rotatable bonds is 4. The molecule has 0 bridgehead atoms. The second kappa shape index (κ2) is 9.15. The van der Waals surface area contributed by atoms with Crippen LogP contribution in [0.5, 0.6) is 0 Å². The highest BCUT2D eigenvalue weighted by Gasteiger charge is 2.64. The van der Waals surface area contributed by atoms with Crippen molar-refractivity contribution in [3.05, 3.63) is 0 Å². The molecule has 2 heterocycles. The van der Waals surface area contributed by atoms with Gasteiger partial charge in [0.25, 0.3) is 5.91 Å². The highest BCUT2D eigenvalue weighted by Crippen LogP contribution is 2.49. The molecule has 2 aliphatic carbocycles. The lowest BCUT2D eigenvalue weighted by Gasteiger charge is -2.28. The molecule has 2 saturated carbocycles. The molecule has 2 aliphatic heterocycles. The smallest absolute Gasteiger partial charge is 0.259 e. The van der Waals surface area contributed by atoms with Gasteiger partial charge in [0, 0.05) is 13.0 Å². The Hall–Kier alpha value is -1.71. The number of halogens is 1. The number of carbonyl (C=O) groups excluding carboxylic acids is 3. The van der Waals surface area contributed by atoms with Crippen LogP contribution >= 0.6 is 0 Å². The van der Waals surface area contributed by atoms with E-state index in [1.165, 1.54) is 0 Å². The largest absolute Gasteiger partial charge is 0.340 e. The van der Waals surface area contributed by atoms with Crippen LogP contribution in [0, 0.1) is 11.8 Å². The number of hydrogen-bond acceptors (Lipinski definition) is 5. The summed E-state index contributed by atoms with van der Waals surface area (Å²) in [5, 5.41) is 2.85. The summed E-state index contributed by atoms with van der Waals surface area (Å²) >= 11 is 0. The van der Waals surface area contributed by atoms with Gasteiger partial charge in [0.15, 0.2) is 0 Å². The maximum absolute atomic E-state index is 13.4. The minimum Gasteiger partial charge on any atom is -0.340 e. The molecular formula is C23H36FN3O5S. The highest BCUT2D eigenvalue weighted by molar-refractivity contribution is 7.91. The molecule has 0 aromatic heterocycles. The van der Waals surface area contributed by atoms with E-state index in [4.69, 9.17) is 0 Å². The van der Waals surface area contributed by atoms with Gasteiger partial charge >= 0.3 is 0 Å². The minimum absolute atomic E-state index is 0.0398. The molecule has 4 fully saturated rings. The van der Waals surface area contributed by atoms with Crippen molar-refractivity contribution in [3.63, 3.8) is 0 Å². The second-order valence-corrected chi connectivity index (χ2v) is 12.7. The fourth-order valence-electron chi connectivity index (χ4n) is 5.50. The zero-order chi connectivity index (χ0) is 23.9. The van der Waals surface area contributed by atoms with Crippen LogP contribution in [0.15, 0.2) is 0 Å². The van der Waals surface area contributed by atoms with Crippen LogP contribution in [0.2, 0.25) is 0 Å². The van der Waals surface area contributed by atoms with Crippen LogP contribution in [0.1, 0.15) is 84.0 Å². The van der Waals surface area contributed by atoms with Gasteiger partial charge < -0.3 is 10.2 Å². The van der Waals surface area contributed by atoms with E-state index in [0.29, 0.717) is 38.6 Å². The Bertz CT molecular complexity index is 906. The molecule has 0 aromatic rings. The van der Waals surface area contributed by atoms with Crippen molar-refractivity contribution in [3.8, 4) is 0 Å². The summed E-state index contributed by atoms with van der Waals surface area (Å²) in [6, 6.07) is -0.641. The van der Waals surface area contributed by atoms with Gasteiger partial charge in [0.05, 0.1) is 0 Å². The summed E-state index contributed by atoms with van der Waals surface area (Å²) in [5.74, 6) is -1.11. The van der Waals surface area contributed by atoms with Gasteiger partial charge in [-0.2, -0.15) is 0 Å². The van der Waals surface area contributed by atoms with Gasteiger partial charge in [-0.1, -0.05) is 39.0 Å². The lowest BCUT2D eigenvalue weighted by atomic mass is 9.98. The van der Waals surface area contributed by atoms with Crippen molar-refractivity contribution in [1.82, 2.24) is 14.9 Å². The zero-order valence-corrected chi connectivity index (χ0v) is 20.2. The van der Waals surface area contributed by atoms with E-state index in [-0.39, 0.29) is 30.6 Å². The van der Waals surface area contributed by atoms with E-state index in [9.17, 15) is 27.2 Å². The van der Waals surface area contributed by atoms with Crippen LogP contribution in [-0.2, 0) is 24.4 Å². The molecule has 2 saturated heterocycles. The molecule has 4 atom stereocenters. The van der Waals surface area contributed by atoms with Gasteiger partial charge in [-0.15, -0.1) is 0 Å². The first-order valence-corrected chi connectivity index (χ1v) is 13.9. The van der Waals surface area contributed by atoms with E-state index in [1.807, 2.05) is 0 Å². The summed E-state index contributed by atoms with van der Waals surface area (Å²) < 4.78 is 39.3. The fourth-order valence-corrected chi connectivity index (χ4v) is 6.92. The van der Waals surface area contributed by atoms with E-state index < -0.39 is 44.8 Å². The number of sulfonamides is 1. The van der Waals surface area contributed by atoms with Gasteiger partial charge in [-0.25, -0.2) is 12.8 Å². The second-order valence-electron chi connectivity index (χ2n) is 10.7. The number of alkyl halides is 1. The first kappa shape index (κ1) is 24.4. The number of carbonyl (C=O) groups is 3. The maximum Gasteiger partial charge on any atom is 0.259 e. The maximum atomic E-state index is 13.4. The number of amides is 3. The molecule has 0 aromatic carbocycles. The molecule has 0 radical (unpaired) electrons. The van der Waals surface area contributed by atoms with E-state index in [1.54, 1.807) is 4.90 Å². The first-order chi connectivity index (χ1) is 15.6. The molecular weight excluding hydrogens is 449 g/mol. The predicted molar refractivity (Wildman–Crippen MR) is 120 cm³/mol. The van der Waals surface area contributed by atoms with Crippen molar-refractivity contribution in [1.29, 1.82) is 0 Å². The fraction of sp³-hybridized carbons (Fsp3) is 0.870. The molecule has 4 rings (SSSR count). The molecule has 8 nitrogen and oxygen atoms in total. The molecule has 2 N–H and O–H groups in total. The van der Waals surface area contributed by atoms with Crippen LogP contribution in [0.4, 0.5) is 4.39 Å². The summed E-state index contributed by atoms with van der Waals surface area (Å²) in [4.78, 5) is 40.9. The number of nitrogens with one attached hydrogen (secondary N) is 2. The van der Waals surface area contributed by atoms with Gasteiger partial charge in [0.2, 0.25) is 21.8 Å². The standard InChI is InChI=1S/C23H36FN3O5S/c1-16-7-4-2-3-5-8-17-14-23(17,21(30)26-33(31,32)22(15-24)10-11-22)25-20(29)18-9-6-12-27(18)19(28)13-16/h16-18H,2-15H2,1H3,(H,25,29)(H,26,30). The average molecular weight is 486 g/mol. The predicted octanol–water partition coefficient (Wildman–Crippen LogP) is 2.18. The normalized spacial score (nSPS) is 34.8. The van der Waals surface area contributed by atoms with Gasteiger partial charge in [0.1, 0.15) is 23.0 Å². The van der Waals surface area contributed by atoms with E-state index in [2.05, 4.69) is 17.0 Å². The Labute approximate surface area is 195 Å². The molecule has 33 heavy (non-hydrogen) atoms. The van der Waals surface area contributed by atoms with E-state index >= 15 is 0 Å². The Morgan fingerprint density at radius 3 is 2.48 bits per heavy atom. The number of fused-ring (bicyclic) bond motifs is 2. The van der Waals surface area contributed by atoms with Gasteiger partial charge in [-0.05, 0) is 50.4 Å². The monoisotopic (exact) mass is 485 g/mol. The van der Waals surface area contributed by atoms with Crippen molar-refractivity contribution in [2.75, 3.05) is 13.2 Å². The van der Waals surface area contributed by atoms with Crippen molar-refractivity contribution >= 4 is 27.7 Å².